The number of halogens is 1. The zero-order valence-corrected chi connectivity index (χ0v) is 13.2. The Kier molecular flexibility index (Phi) is 4.18. The third-order valence-electron chi connectivity index (χ3n) is 4.03. The standard InChI is InChI=1S/C16H19FN4O2/c1-11-15(12(2)23-19-11)18-16(22)21-9-7-20(8-10-21)14-6-4-3-5-13(14)17/h3-6H,7-10H2,1-2H3,(H,18,22). The molecule has 0 saturated carbocycles. The van der Waals surface area contributed by atoms with Crippen molar-refractivity contribution in [3.63, 3.8) is 0 Å². The van der Waals surface area contributed by atoms with E-state index in [4.69, 9.17) is 4.52 Å². The third-order valence-corrected chi connectivity index (χ3v) is 4.03. The fourth-order valence-electron chi connectivity index (χ4n) is 2.71. The molecular weight excluding hydrogens is 299 g/mol. The van der Waals surface area contributed by atoms with E-state index in [1.807, 2.05) is 11.0 Å². The van der Waals surface area contributed by atoms with Crippen molar-refractivity contribution in [3.8, 4) is 0 Å². The molecular formula is C16H19FN4O2. The van der Waals surface area contributed by atoms with Crippen molar-refractivity contribution < 1.29 is 13.7 Å². The van der Waals surface area contributed by atoms with E-state index in [1.54, 1.807) is 30.9 Å². The molecule has 2 amide bonds. The van der Waals surface area contributed by atoms with Crippen LogP contribution in [0.4, 0.5) is 20.6 Å². The minimum Gasteiger partial charge on any atom is -0.366 e. The summed E-state index contributed by atoms with van der Waals surface area (Å²) in [6.45, 7) is 5.78. The van der Waals surface area contributed by atoms with Crippen LogP contribution >= 0.6 is 0 Å². The molecule has 0 radical (unpaired) electrons. The number of anilines is 2. The number of aryl methyl sites for hydroxylation is 2. The van der Waals surface area contributed by atoms with E-state index in [0.29, 0.717) is 49.0 Å². The van der Waals surface area contributed by atoms with Gasteiger partial charge in [0.05, 0.1) is 5.69 Å². The van der Waals surface area contributed by atoms with Gasteiger partial charge in [-0.2, -0.15) is 0 Å². The molecule has 1 aliphatic rings. The van der Waals surface area contributed by atoms with Gasteiger partial charge in [-0.3, -0.25) is 0 Å². The number of carbonyl (C=O) groups excluding carboxylic acids is 1. The van der Waals surface area contributed by atoms with E-state index in [2.05, 4.69) is 10.5 Å². The minimum atomic E-state index is -0.235. The Morgan fingerprint density at radius 2 is 1.91 bits per heavy atom. The first-order valence-electron chi connectivity index (χ1n) is 7.54. The highest BCUT2D eigenvalue weighted by atomic mass is 19.1. The summed E-state index contributed by atoms with van der Waals surface area (Å²) >= 11 is 0. The fourth-order valence-corrected chi connectivity index (χ4v) is 2.71. The van der Waals surface area contributed by atoms with Gasteiger partial charge < -0.3 is 19.6 Å². The molecule has 122 valence electrons. The zero-order chi connectivity index (χ0) is 16.4. The summed E-state index contributed by atoms with van der Waals surface area (Å²) in [5.41, 5.74) is 1.85. The Morgan fingerprint density at radius 1 is 1.22 bits per heavy atom. The summed E-state index contributed by atoms with van der Waals surface area (Å²) in [5.74, 6) is 0.349. The molecule has 1 saturated heterocycles. The SMILES string of the molecule is Cc1noc(C)c1NC(=O)N1CCN(c2ccccc2F)CC1. The van der Waals surface area contributed by atoms with Gasteiger partial charge in [0.15, 0.2) is 5.76 Å². The average Bonchev–Trinajstić information content (AvgIpc) is 2.87. The number of hydrogen-bond donors (Lipinski definition) is 1. The van der Waals surface area contributed by atoms with E-state index < -0.39 is 0 Å². The predicted octanol–water partition coefficient (Wildman–Crippen LogP) is 2.78. The Bertz CT molecular complexity index is 688. The summed E-state index contributed by atoms with van der Waals surface area (Å²) in [7, 11) is 0. The van der Waals surface area contributed by atoms with Gasteiger partial charge in [0.1, 0.15) is 17.2 Å². The lowest BCUT2D eigenvalue weighted by Gasteiger charge is -2.36. The third kappa shape index (κ3) is 3.13. The smallest absolute Gasteiger partial charge is 0.322 e. The van der Waals surface area contributed by atoms with Crippen LogP contribution in [0.25, 0.3) is 0 Å². The molecule has 2 heterocycles. The Balaban J connectivity index is 1.61. The first-order valence-corrected chi connectivity index (χ1v) is 7.54. The van der Waals surface area contributed by atoms with E-state index >= 15 is 0 Å². The largest absolute Gasteiger partial charge is 0.366 e. The number of nitrogens with zero attached hydrogens (tertiary/aromatic N) is 3. The van der Waals surface area contributed by atoms with Crippen molar-refractivity contribution in [1.29, 1.82) is 0 Å². The molecule has 0 aliphatic carbocycles. The van der Waals surface area contributed by atoms with Crippen molar-refractivity contribution in [3.05, 3.63) is 41.5 Å². The summed E-state index contributed by atoms with van der Waals surface area (Å²) in [6.07, 6.45) is 0. The molecule has 1 fully saturated rings. The second-order valence-electron chi connectivity index (χ2n) is 5.55. The lowest BCUT2D eigenvalue weighted by molar-refractivity contribution is 0.208. The van der Waals surface area contributed by atoms with E-state index in [1.165, 1.54) is 6.07 Å². The zero-order valence-electron chi connectivity index (χ0n) is 13.2. The fraction of sp³-hybridized carbons (Fsp3) is 0.375. The molecule has 1 aromatic carbocycles. The van der Waals surface area contributed by atoms with Gasteiger partial charge in [0.2, 0.25) is 0 Å². The molecule has 1 aliphatic heterocycles. The number of nitrogens with one attached hydrogen (secondary N) is 1. The molecule has 6 nitrogen and oxygen atoms in total. The molecule has 2 aromatic rings. The van der Waals surface area contributed by atoms with Gasteiger partial charge in [-0.25, -0.2) is 9.18 Å². The Hall–Kier alpha value is -2.57. The Morgan fingerprint density at radius 3 is 2.52 bits per heavy atom. The number of para-hydroxylation sites is 1. The quantitative estimate of drug-likeness (QED) is 0.925. The van der Waals surface area contributed by atoms with Crippen LogP contribution in [-0.2, 0) is 0 Å². The summed E-state index contributed by atoms with van der Waals surface area (Å²) < 4.78 is 18.9. The van der Waals surface area contributed by atoms with Gasteiger partial charge in [-0.1, -0.05) is 17.3 Å². The summed E-state index contributed by atoms with van der Waals surface area (Å²) in [4.78, 5) is 16.0. The highest BCUT2D eigenvalue weighted by Crippen LogP contribution is 2.22. The highest BCUT2D eigenvalue weighted by molar-refractivity contribution is 5.90. The molecule has 0 unspecified atom stereocenters. The highest BCUT2D eigenvalue weighted by Gasteiger charge is 2.24. The van der Waals surface area contributed by atoms with E-state index in [9.17, 15) is 9.18 Å². The van der Waals surface area contributed by atoms with Crippen molar-refractivity contribution in [2.45, 2.75) is 13.8 Å². The van der Waals surface area contributed by atoms with Crippen molar-refractivity contribution in [2.75, 3.05) is 36.4 Å². The Labute approximate surface area is 133 Å². The lowest BCUT2D eigenvalue weighted by atomic mass is 10.2. The number of urea groups is 1. The van der Waals surface area contributed by atoms with Crippen LogP contribution in [0, 0.1) is 19.7 Å². The minimum absolute atomic E-state index is 0.187. The van der Waals surface area contributed by atoms with Crippen molar-refractivity contribution >= 4 is 17.4 Å². The predicted molar refractivity (Wildman–Crippen MR) is 85.2 cm³/mol. The molecule has 23 heavy (non-hydrogen) atoms. The first-order chi connectivity index (χ1) is 11.1. The van der Waals surface area contributed by atoms with Crippen molar-refractivity contribution in [1.82, 2.24) is 10.1 Å². The summed E-state index contributed by atoms with van der Waals surface area (Å²) in [5, 5.41) is 6.65. The lowest BCUT2D eigenvalue weighted by Crippen LogP contribution is -2.50. The van der Waals surface area contributed by atoms with Crippen LogP contribution in [-0.4, -0.2) is 42.3 Å². The number of piperazine rings is 1. The monoisotopic (exact) mass is 318 g/mol. The van der Waals surface area contributed by atoms with E-state index in [-0.39, 0.29) is 11.8 Å². The molecule has 0 bridgehead atoms. The second-order valence-corrected chi connectivity index (χ2v) is 5.55. The number of benzene rings is 1. The van der Waals surface area contributed by atoms with Crippen LogP contribution in [0.15, 0.2) is 28.8 Å². The number of rotatable bonds is 2. The van der Waals surface area contributed by atoms with Gasteiger partial charge in [0.25, 0.3) is 0 Å². The van der Waals surface area contributed by atoms with Crippen LogP contribution < -0.4 is 10.2 Å². The molecule has 1 aromatic heterocycles. The van der Waals surface area contributed by atoms with Gasteiger partial charge in [-0.15, -0.1) is 0 Å². The van der Waals surface area contributed by atoms with Crippen LogP contribution in [0.2, 0.25) is 0 Å². The van der Waals surface area contributed by atoms with Crippen LogP contribution in [0.5, 0.6) is 0 Å². The maximum absolute atomic E-state index is 13.8. The topological polar surface area (TPSA) is 61.6 Å². The second kappa shape index (κ2) is 6.28. The number of carbonyl (C=O) groups is 1. The van der Waals surface area contributed by atoms with Crippen LogP contribution in [0.1, 0.15) is 11.5 Å². The van der Waals surface area contributed by atoms with Gasteiger partial charge in [-0.05, 0) is 26.0 Å². The van der Waals surface area contributed by atoms with Gasteiger partial charge >= 0.3 is 6.03 Å². The maximum atomic E-state index is 13.8. The van der Waals surface area contributed by atoms with Gasteiger partial charge in [0, 0.05) is 26.2 Å². The van der Waals surface area contributed by atoms with Crippen LogP contribution in [0.3, 0.4) is 0 Å². The first kappa shape index (κ1) is 15.3. The van der Waals surface area contributed by atoms with Crippen molar-refractivity contribution in [2.24, 2.45) is 0 Å². The number of aromatic nitrogens is 1. The molecule has 0 atom stereocenters. The number of amides is 2. The average molecular weight is 318 g/mol. The van der Waals surface area contributed by atoms with E-state index in [0.717, 1.165) is 0 Å². The summed E-state index contributed by atoms with van der Waals surface area (Å²) in [6, 6.07) is 6.51. The number of hydrogen-bond acceptors (Lipinski definition) is 4. The maximum Gasteiger partial charge on any atom is 0.322 e. The molecule has 1 N–H and O–H groups in total. The molecule has 3 rings (SSSR count). The normalized spacial score (nSPS) is 14.9. The molecule has 7 heteroatoms. The molecule has 0 spiro atoms.